The second-order valence-electron chi connectivity index (χ2n) is 5.87. The molecule has 112 valence electrons. The molecule has 0 saturated carbocycles. The Morgan fingerprint density at radius 3 is 2.91 bits per heavy atom. The quantitative estimate of drug-likeness (QED) is 0.732. The van der Waals surface area contributed by atoms with Gasteiger partial charge in [-0.15, -0.1) is 0 Å². The lowest BCUT2D eigenvalue weighted by atomic mass is 10.1. The van der Waals surface area contributed by atoms with Crippen LogP contribution in [0.5, 0.6) is 0 Å². The molecule has 3 aromatic rings. The van der Waals surface area contributed by atoms with Gasteiger partial charge in [-0.05, 0) is 30.7 Å². The molecule has 0 spiro atoms. The van der Waals surface area contributed by atoms with Crippen molar-refractivity contribution in [3.63, 3.8) is 0 Å². The number of likely N-dealkylation sites (tertiary alicyclic amines) is 1. The number of rotatable bonds is 3. The fraction of sp³-hybridized carbons (Fsp3) is 0.278. The summed E-state index contributed by atoms with van der Waals surface area (Å²) < 4.78 is 19.0. The number of hydrogen-bond donors (Lipinski definition) is 0. The van der Waals surface area contributed by atoms with Gasteiger partial charge in [-0.2, -0.15) is 0 Å². The van der Waals surface area contributed by atoms with Crippen LogP contribution in [0.25, 0.3) is 11.1 Å². The number of aromatic nitrogens is 1. The van der Waals surface area contributed by atoms with Gasteiger partial charge >= 0.3 is 0 Å². The largest absolute Gasteiger partial charge is 0.440 e. The van der Waals surface area contributed by atoms with Gasteiger partial charge in [0.1, 0.15) is 11.3 Å². The minimum absolute atomic E-state index is 0.274. The van der Waals surface area contributed by atoms with E-state index < -0.39 is 0 Å². The summed E-state index contributed by atoms with van der Waals surface area (Å²) in [6.45, 7) is 2.92. The molecule has 0 amide bonds. The molecule has 2 heterocycles. The van der Waals surface area contributed by atoms with E-state index in [1.165, 1.54) is 17.7 Å². The molecular weight excluding hydrogens is 279 g/mol. The monoisotopic (exact) mass is 296 g/mol. The van der Waals surface area contributed by atoms with Crippen molar-refractivity contribution < 1.29 is 8.81 Å². The van der Waals surface area contributed by atoms with Gasteiger partial charge in [0, 0.05) is 25.1 Å². The van der Waals surface area contributed by atoms with Crippen molar-refractivity contribution in [1.29, 1.82) is 0 Å². The normalized spacial score (nSPS) is 19.0. The molecule has 0 N–H and O–H groups in total. The standard InChI is InChI=1S/C18H17FN2O/c19-15-6-7-17-16(10-15)20-18(22-17)14-8-9-21(12-14)11-13-4-2-1-3-5-13/h1-7,10,14H,8-9,11-12H2. The molecule has 4 heteroatoms. The zero-order valence-corrected chi connectivity index (χ0v) is 12.2. The van der Waals surface area contributed by atoms with E-state index in [2.05, 4.69) is 34.1 Å². The third-order valence-electron chi connectivity index (χ3n) is 4.24. The van der Waals surface area contributed by atoms with Crippen molar-refractivity contribution in [1.82, 2.24) is 9.88 Å². The molecule has 0 bridgehead atoms. The van der Waals surface area contributed by atoms with E-state index in [0.29, 0.717) is 17.0 Å². The minimum atomic E-state index is -0.274. The second kappa shape index (κ2) is 5.54. The molecule has 1 saturated heterocycles. The Morgan fingerprint density at radius 2 is 2.05 bits per heavy atom. The van der Waals surface area contributed by atoms with Crippen molar-refractivity contribution >= 4 is 11.1 Å². The molecule has 2 aromatic carbocycles. The van der Waals surface area contributed by atoms with E-state index in [9.17, 15) is 4.39 Å². The molecule has 0 aliphatic carbocycles. The number of nitrogens with zero attached hydrogens (tertiary/aromatic N) is 2. The Kier molecular flexibility index (Phi) is 3.39. The highest BCUT2D eigenvalue weighted by atomic mass is 19.1. The molecule has 4 rings (SSSR count). The van der Waals surface area contributed by atoms with Crippen LogP contribution in [0, 0.1) is 5.82 Å². The lowest BCUT2D eigenvalue weighted by molar-refractivity contribution is 0.321. The first kappa shape index (κ1) is 13.5. The van der Waals surface area contributed by atoms with E-state index in [4.69, 9.17) is 4.42 Å². The van der Waals surface area contributed by atoms with Crippen LogP contribution in [0.1, 0.15) is 23.8 Å². The topological polar surface area (TPSA) is 29.3 Å². The fourth-order valence-corrected chi connectivity index (χ4v) is 3.11. The number of hydrogen-bond acceptors (Lipinski definition) is 3. The van der Waals surface area contributed by atoms with E-state index in [0.717, 1.165) is 31.9 Å². The van der Waals surface area contributed by atoms with Crippen LogP contribution in [0.4, 0.5) is 4.39 Å². The lowest BCUT2D eigenvalue weighted by Crippen LogP contribution is -2.19. The van der Waals surface area contributed by atoms with E-state index in [1.807, 2.05) is 6.07 Å². The van der Waals surface area contributed by atoms with Crippen molar-refractivity contribution in [2.75, 3.05) is 13.1 Å². The smallest absolute Gasteiger partial charge is 0.199 e. The lowest BCUT2D eigenvalue weighted by Gasteiger charge is -2.15. The number of benzene rings is 2. The maximum atomic E-state index is 13.2. The van der Waals surface area contributed by atoms with Crippen LogP contribution in [-0.2, 0) is 6.54 Å². The summed E-state index contributed by atoms with van der Waals surface area (Å²) in [5, 5.41) is 0. The average Bonchev–Trinajstić information content (AvgIpc) is 3.14. The highest BCUT2D eigenvalue weighted by Gasteiger charge is 2.27. The summed E-state index contributed by atoms with van der Waals surface area (Å²) in [6, 6.07) is 15.0. The predicted molar refractivity (Wildman–Crippen MR) is 83.0 cm³/mol. The Balaban J connectivity index is 1.49. The van der Waals surface area contributed by atoms with E-state index in [1.54, 1.807) is 6.07 Å². The summed E-state index contributed by atoms with van der Waals surface area (Å²) in [5.74, 6) is 0.750. The van der Waals surface area contributed by atoms with Gasteiger partial charge in [-0.1, -0.05) is 30.3 Å². The maximum Gasteiger partial charge on any atom is 0.199 e. The van der Waals surface area contributed by atoms with Gasteiger partial charge in [0.25, 0.3) is 0 Å². The second-order valence-corrected chi connectivity index (χ2v) is 5.87. The molecule has 22 heavy (non-hydrogen) atoms. The average molecular weight is 296 g/mol. The Labute approximate surface area is 128 Å². The summed E-state index contributed by atoms with van der Waals surface area (Å²) >= 11 is 0. The van der Waals surface area contributed by atoms with Crippen molar-refractivity contribution in [2.45, 2.75) is 18.9 Å². The predicted octanol–water partition coefficient (Wildman–Crippen LogP) is 3.96. The van der Waals surface area contributed by atoms with Crippen molar-refractivity contribution in [3.8, 4) is 0 Å². The SMILES string of the molecule is Fc1ccc2oc(C3CCN(Cc4ccccc4)C3)nc2c1. The van der Waals surface area contributed by atoms with Crippen molar-refractivity contribution in [2.24, 2.45) is 0 Å². The molecule has 1 aliphatic rings. The highest BCUT2D eigenvalue weighted by molar-refractivity contribution is 5.72. The zero-order valence-electron chi connectivity index (χ0n) is 12.2. The molecule has 1 aliphatic heterocycles. The van der Waals surface area contributed by atoms with Gasteiger partial charge in [0.05, 0.1) is 0 Å². The molecule has 1 aromatic heterocycles. The van der Waals surface area contributed by atoms with Crippen LogP contribution in [0.3, 0.4) is 0 Å². The molecule has 1 fully saturated rings. The first-order chi connectivity index (χ1) is 10.8. The van der Waals surface area contributed by atoms with Crippen LogP contribution < -0.4 is 0 Å². The summed E-state index contributed by atoms with van der Waals surface area (Å²) in [7, 11) is 0. The molecule has 1 atom stereocenters. The Hall–Kier alpha value is -2.20. The fourth-order valence-electron chi connectivity index (χ4n) is 3.11. The van der Waals surface area contributed by atoms with Gasteiger partial charge < -0.3 is 4.42 Å². The van der Waals surface area contributed by atoms with Gasteiger partial charge in [0.2, 0.25) is 0 Å². The minimum Gasteiger partial charge on any atom is -0.440 e. The highest BCUT2D eigenvalue weighted by Crippen LogP contribution is 2.30. The Bertz CT molecular complexity index is 784. The van der Waals surface area contributed by atoms with Crippen LogP contribution in [-0.4, -0.2) is 23.0 Å². The van der Waals surface area contributed by atoms with E-state index >= 15 is 0 Å². The molecule has 1 unspecified atom stereocenters. The zero-order chi connectivity index (χ0) is 14.9. The third kappa shape index (κ3) is 2.62. The number of halogens is 1. The summed E-state index contributed by atoms with van der Waals surface area (Å²) in [4.78, 5) is 6.88. The van der Waals surface area contributed by atoms with E-state index in [-0.39, 0.29) is 5.82 Å². The first-order valence-electron chi connectivity index (χ1n) is 7.60. The van der Waals surface area contributed by atoms with Gasteiger partial charge in [-0.3, -0.25) is 4.90 Å². The van der Waals surface area contributed by atoms with Crippen LogP contribution in [0.15, 0.2) is 52.9 Å². The van der Waals surface area contributed by atoms with Gasteiger partial charge in [-0.25, -0.2) is 9.37 Å². The summed E-state index contributed by atoms with van der Waals surface area (Å²) in [5.41, 5.74) is 2.59. The maximum absolute atomic E-state index is 13.2. The van der Waals surface area contributed by atoms with Gasteiger partial charge in [0.15, 0.2) is 11.5 Å². The Morgan fingerprint density at radius 1 is 1.18 bits per heavy atom. The van der Waals surface area contributed by atoms with Crippen LogP contribution in [0.2, 0.25) is 0 Å². The number of fused-ring (bicyclic) bond motifs is 1. The third-order valence-corrected chi connectivity index (χ3v) is 4.24. The molecule has 0 radical (unpaired) electrons. The summed E-state index contributed by atoms with van der Waals surface area (Å²) in [6.07, 6.45) is 1.03. The first-order valence-corrected chi connectivity index (χ1v) is 7.60. The molecular formula is C18H17FN2O. The van der Waals surface area contributed by atoms with Crippen molar-refractivity contribution in [3.05, 3.63) is 65.8 Å². The van der Waals surface area contributed by atoms with Crippen LogP contribution >= 0.6 is 0 Å². The number of oxazole rings is 1. The molecule has 3 nitrogen and oxygen atoms in total.